The monoisotopic (exact) mass is 261 g/mol. The number of thiazole rings is 1. The first-order valence-electron chi connectivity index (χ1n) is 5.31. The molecule has 0 fully saturated rings. The number of aryl methyl sites for hydroxylation is 1. The number of rotatable bonds is 3. The van der Waals surface area contributed by atoms with Crippen LogP contribution in [0, 0.1) is 6.92 Å². The summed E-state index contributed by atoms with van der Waals surface area (Å²) in [7, 11) is 0. The largest absolute Gasteiger partial charge is 0.477 e. The molecule has 2 rings (SSSR count). The summed E-state index contributed by atoms with van der Waals surface area (Å²) in [6.45, 7) is 3.26. The second-order valence-electron chi connectivity index (χ2n) is 3.85. The maximum absolute atomic E-state index is 11.2. The average molecular weight is 261 g/mol. The Labute approximate surface area is 108 Å². The first kappa shape index (κ1) is 12.4. The molecule has 0 saturated carbocycles. The standard InChI is InChI=1S/C13H11NO3S/c1-7(15)9-3-5-10(6-4-9)11-12(13(16)17)18-8(2)14-11/h3-6H,1-2H3,(H,16,17). The van der Waals surface area contributed by atoms with Crippen LogP contribution in [0.4, 0.5) is 0 Å². The van der Waals surface area contributed by atoms with E-state index in [1.165, 1.54) is 6.92 Å². The number of ketones is 1. The average Bonchev–Trinajstić information content (AvgIpc) is 2.71. The van der Waals surface area contributed by atoms with Gasteiger partial charge in [0.2, 0.25) is 0 Å². The first-order valence-corrected chi connectivity index (χ1v) is 6.13. The molecule has 0 atom stereocenters. The van der Waals surface area contributed by atoms with Crippen molar-refractivity contribution in [2.45, 2.75) is 13.8 Å². The van der Waals surface area contributed by atoms with Crippen LogP contribution in [0.3, 0.4) is 0 Å². The number of carboxylic acids is 1. The SMILES string of the molecule is CC(=O)c1ccc(-c2nc(C)sc2C(=O)O)cc1. The molecule has 92 valence electrons. The molecule has 1 N–H and O–H groups in total. The van der Waals surface area contributed by atoms with E-state index in [9.17, 15) is 9.59 Å². The van der Waals surface area contributed by atoms with E-state index >= 15 is 0 Å². The predicted molar refractivity (Wildman–Crippen MR) is 69.3 cm³/mol. The molecule has 1 heterocycles. The van der Waals surface area contributed by atoms with Crippen molar-refractivity contribution in [1.82, 2.24) is 4.98 Å². The maximum Gasteiger partial charge on any atom is 0.348 e. The zero-order valence-corrected chi connectivity index (χ0v) is 10.7. The fraction of sp³-hybridized carbons (Fsp3) is 0.154. The number of carboxylic acid groups (broad SMARTS) is 1. The van der Waals surface area contributed by atoms with Crippen molar-refractivity contribution in [3.63, 3.8) is 0 Å². The molecule has 1 aromatic carbocycles. The molecule has 0 spiro atoms. The van der Waals surface area contributed by atoms with E-state index in [4.69, 9.17) is 5.11 Å². The third-order valence-corrected chi connectivity index (χ3v) is 3.45. The van der Waals surface area contributed by atoms with Crippen molar-refractivity contribution in [2.75, 3.05) is 0 Å². The normalized spacial score (nSPS) is 10.3. The van der Waals surface area contributed by atoms with Crippen molar-refractivity contribution in [3.8, 4) is 11.3 Å². The highest BCUT2D eigenvalue weighted by Gasteiger charge is 2.17. The van der Waals surface area contributed by atoms with Crippen LogP contribution in [0.15, 0.2) is 24.3 Å². The van der Waals surface area contributed by atoms with Gasteiger partial charge in [0.15, 0.2) is 5.78 Å². The summed E-state index contributed by atoms with van der Waals surface area (Å²) in [6, 6.07) is 6.80. The van der Waals surface area contributed by atoms with E-state index in [0.717, 1.165) is 11.3 Å². The Hall–Kier alpha value is -2.01. The number of hydrogen-bond donors (Lipinski definition) is 1. The van der Waals surface area contributed by atoms with E-state index in [1.807, 2.05) is 0 Å². The lowest BCUT2D eigenvalue weighted by Crippen LogP contribution is -1.96. The minimum atomic E-state index is -0.980. The molecule has 0 aliphatic rings. The van der Waals surface area contributed by atoms with Crippen LogP contribution in [0.2, 0.25) is 0 Å². The molecule has 4 nitrogen and oxygen atoms in total. The van der Waals surface area contributed by atoms with E-state index in [1.54, 1.807) is 31.2 Å². The highest BCUT2D eigenvalue weighted by atomic mass is 32.1. The highest BCUT2D eigenvalue weighted by Crippen LogP contribution is 2.28. The lowest BCUT2D eigenvalue weighted by atomic mass is 10.1. The van der Waals surface area contributed by atoms with Crippen LogP contribution in [-0.2, 0) is 0 Å². The number of nitrogens with zero attached hydrogens (tertiary/aromatic N) is 1. The van der Waals surface area contributed by atoms with Crippen molar-refractivity contribution < 1.29 is 14.7 Å². The van der Waals surface area contributed by atoms with Gasteiger partial charge in [-0.25, -0.2) is 9.78 Å². The number of aromatic nitrogens is 1. The summed E-state index contributed by atoms with van der Waals surface area (Å²) in [5, 5.41) is 9.81. The Morgan fingerprint density at radius 2 is 1.83 bits per heavy atom. The number of benzene rings is 1. The summed E-state index contributed by atoms with van der Waals surface area (Å²) < 4.78 is 0. The third kappa shape index (κ3) is 2.31. The topological polar surface area (TPSA) is 67.3 Å². The molecule has 0 unspecified atom stereocenters. The van der Waals surface area contributed by atoms with E-state index < -0.39 is 5.97 Å². The molecule has 0 radical (unpaired) electrons. The molecular weight excluding hydrogens is 250 g/mol. The van der Waals surface area contributed by atoms with Gasteiger partial charge < -0.3 is 5.11 Å². The van der Waals surface area contributed by atoms with Crippen LogP contribution in [0.1, 0.15) is 32.0 Å². The van der Waals surface area contributed by atoms with Crippen LogP contribution in [0.5, 0.6) is 0 Å². The molecular formula is C13H11NO3S. The van der Waals surface area contributed by atoms with Crippen LogP contribution in [-0.4, -0.2) is 21.8 Å². The Kier molecular flexibility index (Phi) is 3.25. The number of carbonyl (C=O) groups is 2. The van der Waals surface area contributed by atoms with Gasteiger partial charge in [-0.15, -0.1) is 11.3 Å². The molecule has 0 amide bonds. The minimum Gasteiger partial charge on any atom is -0.477 e. The van der Waals surface area contributed by atoms with Gasteiger partial charge in [0.25, 0.3) is 0 Å². The van der Waals surface area contributed by atoms with Crippen molar-refractivity contribution in [2.24, 2.45) is 0 Å². The van der Waals surface area contributed by atoms with Crippen molar-refractivity contribution in [1.29, 1.82) is 0 Å². The van der Waals surface area contributed by atoms with Gasteiger partial charge in [-0.05, 0) is 13.8 Å². The molecule has 0 aliphatic heterocycles. The smallest absolute Gasteiger partial charge is 0.348 e. The fourth-order valence-corrected chi connectivity index (χ4v) is 2.41. The van der Waals surface area contributed by atoms with E-state index in [2.05, 4.69) is 4.98 Å². The fourth-order valence-electron chi connectivity index (χ4n) is 1.63. The van der Waals surface area contributed by atoms with Gasteiger partial charge in [-0.1, -0.05) is 24.3 Å². The zero-order valence-electron chi connectivity index (χ0n) is 9.93. The molecule has 2 aromatic rings. The molecule has 0 saturated heterocycles. The number of carbonyl (C=O) groups excluding carboxylic acids is 1. The van der Waals surface area contributed by atoms with Crippen LogP contribution < -0.4 is 0 Å². The summed E-state index contributed by atoms with van der Waals surface area (Å²) in [5.41, 5.74) is 1.77. The lowest BCUT2D eigenvalue weighted by Gasteiger charge is -2.00. The number of hydrogen-bond acceptors (Lipinski definition) is 4. The zero-order chi connectivity index (χ0) is 13.3. The summed E-state index contributed by atoms with van der Waals surface area (Å²) >= 11 is 1.15. The van der Waals surface area contributed by atoms with E-state index in [-0.39, 0.29) is 10.7 Å². The number of Topliss-reactive ketones (excluding diaryl/α,β-unsaturated/α-hetero) is 1. The van der Waals surface area contributed by atoms with Crippen molar-refractivity contribution in [3.05, 3.63) is 39.7 Å². The molecule has 0 aliphatic carbocycles. The van der Waals surface area contributed by atoms with Gasteiger partial charge in [0, 0.05) is 11.1 Å². The van der Waals surface area contributed by atoms with Crippen LogP contribution >= 0.6 is 11.3 Å². The second kappa shape index (κ2) is 4.70. The number of aromatic carboxylic acids is 1. The Morgan fingerprint density at radius 3 is 2.33 bits per heavy atom. The predicted octanol–water partition coefficient (Wildman–Crippen LogP) is 3.02. The lowest BCUT2D eigenvalue weighted by molar-refractivity contribution is 0.0702. The Balaban J connectivity index is 2.48. The second-order valence-corrected chi connectivity index (χ2v) is 5.05. The van der Waals surface area contributed by atoms with E-state index in [0.29, 0.717) is 21.8 Å². The summed E-state index contributed by atoms with van der Waals surface area (Å²) in [4.78, 5) is 26.7. The summed E-state index contributed by atoms with van der Waals surface area (Å²) in [5.74, 6) is -0.999. The highest BCUT2D eigenvalue weighted by molar-refractivity contribution is 7.14. The first-order chi connectivity index (χ1) is 8.49. The Morgan fingerprint density at radius 1 is 1.22 bits per heavy atom. The summed E-state index contributed by atoms with van der Waals surface area (Å²) in [6.07, 6.45) is 0. The third-order valence-electron chi connectivity index (χ3n) is 2.49. The van der Waals surface area contributed by atoms with Gasteiger partial charge in [-0.3, -0.25) is 4.79 Å². The van der Waals surface area contributed by atoms with Gasteiger partial charge in [0.05, 0.1) is 10.7 Å². The van der Waals surface area contributed by atoms with Gasteiger partial charge >= 0.3 is 5.97 Å². The minimum absolute atomic E-state index is 0.0190. The maximum atomic E-state index is 11.2. The van der Waals surface area contributed by atoms with Crippen LogP contribution in [0.25, 0.3) is 11.3 Å². The van der Waals surface area contributed by atoms with Gasteiger partial charge in [-0.2, -0.15) is 0 Å². The van der Waals surface area contributed by atoms with Crippen molar-refractivity contribution >= 4 is 23.1 Å². The Bertz CT molecular complexity index is 614. The molecule has 0 bridgehead atoms. The molecule has 18 heavy (non-hydrogen) atoms. The van der Waals surface area contributed by atoms with Gasteiger partial charge in [0.1, 0.15) is 4.88 Å². The molecule has 1 aromatic heterocycles. The molecule has 5 heteroatoms. The quantitative estimate of drug-likeness (QED) is 0.862.